The minimum Gasteiger partial charge on any atom is -0.496 e. The summed E-state index contributed by atoms with van der Waals surface area (Å²) in [6, 6.07) is 10.4. The second-order valence-electron chi connectivity index (χ2n) is 5.03. The Hall–Kier alpha value is -1.58. The number of hydrogen-bond acceptors (Lipinski definition) is 2. The highest BCUT2D eigenvalue weighted by Crippen LogP contribution is 2.28. The molecule has 21 heavy (non-hydrogen) atoms. The number of ether oxygens (including phenoxy) is 1. The fraction of sp³-hybridized carbons (Fsp3) is 0.294. The molecule has 1 unspecified atom stereocenters. The first-order valence-corrected chi connectivity index (χ1v) is 7.18. The molecule has 0 aliphatic carbocycles. The first-order valence-electron chi connectivity index (χ1n) is 6.81. The highest BCUT2D eigenvalue weighted by atomic mass is 35.5. The van der Waals surface area contributed by atoms with E-state index in [-0.39, 0.29) is 11.9 Å². The van der Waals surface area contributed by atoms with Crippen LogP contribution in [0.4, 0.5) is 4.39 Å². The monoisotopic (exact) mass is 307 g/mol. The summed E-state index contributed by atoms with van der Waals surface area (Å²) in [4.78, 5) is 0. The van der Waals surface area contributed by atoms with Gasteiger partial charge in [0.2, 0.25) is 0 Å². The zero-order valence-corrected chi connectivity index (χ0v) is 13.2. The lowest BCUT2D eigenvalue weighted by Crippen LogP contribution is -2.20. The average molecular weight is 308 g/mol. The minimum absolute atomic E-state index is 0.167. The second-order valence-corrected chi connectivity index (χ2v) is 5.46. The fourth-order valence-corrected chi connectivity index (χ4v) is 2.62. The molecule has 0 aliphatic heterocycles. The van der Waals surface area contributed by atoms with Crippen molar-refractivity contribution >= 4 is 11.6 Å². The van der Waals surface area contributed by atoms with E-state index >= 15 is 0 Å². The van der Waals surface area contributed by atoms with Crippen LogP contribution in [0.15, 0.2) is 36.4 Å². The molecule has 2 nitrogen and oxygen atoms in total. The van der Waals surface area contributed by atoms with Gasteiger partial charge in [0, 0.05) is 16.6 Å². The second kappa shape index (κ2) is 6.92. The molecule has 0 saturated heterocycles. The van der Waals surface area contributed by atoms with Gasteiger partial charge in [-0.3, -0.25) is 0 Å². The Balaban J connectivity index is 2.35. The van der Waals surface area contributed by atoms with Crippen LogP contribution < -0.4 is 10.1 Å². The van der Waals surface area contributed by atoms with E-state index in [0.29, 0.717) is 17.0 Å². The molecule has 0 aromatic heterocycles. The molecular weight excluding hydrogens is 289 g/mol. The first-order chi connectivity index (χ1) is 10.0. The molecule has 2 rings (SSSR count). The molecule has 4 heteroatoms. The van der Waals surface area contributed by atoms with Crippen molar-refractivity contribution in [1.82, 2.24) is 5.32 Å². The molecule has 0 amide bonds. The van der Waals surface area contributed by atoms with Crippen molar-refractivity contribution in [1.29, 1.82) is 0 Å². The Morgan fingerprint density at radius 1 is 1.24 bits per heavy atom. The van der Waals surface area contributed by atoms with Crippen molar-refractivity contribution in [3.8, 4) is 5.75 Å². The van der Waals surface area contributed by atoms with Crippen LogP contribution in [0, 0.1) is 12.7 Å². The average Bonchev–Trinajstić information content (AvgIpc) is 2.47. The summed E-state index contributed by atoms with van der Waals surface area (Å²) in [6.45, 7) is 2.03. The fourth-order valence-electron chi connectivity index (χ4n) is 2.44. The van der Waals surface area contributed by atoms with Crippen molar-refractivity contribution in [2.24, 2.45) is 0 Å². The standard InChI is InChI=1S/C17H19ClFNO/c1-11-4-7-17(21-3)12(8-11)9-16(20-2)14-10-13(18)5-6-15(14)19/h4-8,10,16,20H,9H2,1-3H3. The molecule has 0 fully saturated rings. The Kier molecular flexibility index (Phi) is 5.21. The third-order valence-corrected chi connectivity index (χ3v) is 3.78. The molecule has 0 heterocycles. The summed E-state index contributed by atoms with van der Waals surface area (Å²) in [5.74, 6) is 0.550. The molecule has 0 saturated carbocycles. The number of rotatable bonds is 5. The van der Waals surface area contributed by atoms with Gasteiger partial charge >= 0.3 is 0 Å². The van der Waals surface area contributed by atoms with Crippen LogP contribution >= 0.6 is 11.6 Å². The van der Waals surface area contributed by atoms with Gasteiger partial charge in [-0.15, -0.1) is 0 Å². The maximum Gasteiger partial charge on any atom is 0.128 e. The number of nitrogens with one attached hydrogen (secondary N) is 1. The van der Waals surface area contributed by atoms with Gasteiger partial charge in [0.25, 0.3) is 0 Å². The van der Waals surface area contributed by atoms with Gasteiger partial charge in [-0.05, 0) is 50.2 Å². The SMILES string of the molecule is CNC(Cc1cc(C)ccc1OC)c1cc(Cl)ccc1F. The van der Waals surface area contributed by atoms with E-state index in [1.54, 1.807) is 19.2 Å². The summed E-state index contributed by atoms with van der Waals surface area (Å²) < 4.78 is 19.4. The summed E-state index contributed by atoms with van der Waals surface area (Å²) in [5, 5.41) is 3.68. The van der Waals surface area contributed by atoms with Gasteiger partial charge in [-0.1, -0.05) is 29.3 Å². The van der Waals surface area contributed by atoms with E-state index in [1.807, 2.05) is 26.1 Å². The van der Waals surface area contributed by atoms with Gasteiger partial charge in [-0.2, -0.15) is 0 Å². The number of aryl methyl sites for hydroxylation is 1. The summed E-state index contributed by atoms with van der Waals surface area (Å²) in [5.41, 5.74) is 2.75. The molecule has 112 valence electrons. The van der Waals surface area contributed by atoms with Gasteiger partial charge in [-0.25, -0.2) is 4.39 Å². The van der Waals surface area contributed by atoms with Crippen molar-refractivity contribution in [2.75, 3.05) is 14.2 Å². The molecular formula is C17H19ClFNO. The summed E-state index contributed by atoms with van der Waals surface area (Å²) in [7, 11) is 3.45. The van der Waals surface area contributed by atoms with E-state index in [0.717, 1.165) is 16.9 Å². The number of hydrogen-bond donors (Lipinski definition) is 1. The molecule has 0 aliphatic rings. The van der Waals surface area contributed by atoms with E-state index in [2.05, 4.69) is 11.4 Å². The Bertz CT molecular complexity index is 630. The minimum atomic E-state index is -0.259. The van der Waals surface area contributed by atoms with Crippen LogP contribution in [0.2, 0.25) is 5.02 Å². The molecule has 0 bridgehead atoms. The zero-order valence-electron chi connectivity index (χ0n) is 12.4. The quantitative estimate of drug-likeness (QED) is 0.889. The lowest BCUT2D eigenvalue weighted by molar-refractivity contribution is 0.405. The molecule has 2 aromatic rings. The van der Waals surface area contributed by atoms with Crippen LogP contribution in [0.5, 0.6) is 5.75 Å². The van der Waals surface area contributed by atoms with E-state index in [4.69, 9.17) is 16.3 Å². The third-order valence-electron chi connectivity index (χ3n) is 3.54. The Morgan fingerprint density at radius 3 is 2.67 bits per heavy atom. The predicted molar refractivity (Wildman–Crippen MR) is 84.6 cm³/mol. The van der Waals surface area contributed by atoms with Crippen molar-refractivity contribution in [3.05, 3.63) is 63.9 Å². The summed E-state index contributed by atoms with van der Waals surface area (Å²) >= 11 is 5.99. The van der Waals surface area contributed by atoms with E-state index in [9.17, 15) is 4.39 Å². The maximum absolute atomic E-state index is 14.0. The lowest BCUT2D eigenvalue weighted by atomic mass is 9.97. The highest BCUT2D eigenvalue weighted by molar-refractivity contribution is 6.30. The highest BCUT2D eigenvalue weighted by Gasteiger charge is 2.17. The topological polar surface area (TPSA) is 21.3 Å². The Labute approximate surface area is 129 Å². The largest absolute Gasteiger partial charge is 0.496 e. The van der Waals surface area contributed by atoms with Crippen LogP contribution in [-0.2, 0) is 6.42 Å². The van der Waals surface area contributed by atoms with Crippen LogP contribution in [0.3, 0.4) is 0 Å². The van der Waals surface area contributed by atoms with Crippen molar-refractivity contribution < 1.29 is 9.13 Å². The normalized spacial score (nSPS) is 12.2. The van der Waals surface area contributed by atoms with Gasteiger partial charge in [0.1, 0.15) is 11.6 Å². The van der Waals surface area contributed by atoms with Gasteiger partial charge in [0.05, 0.1) is 7.11 Å². The molecule has 0 spiro atoms. The zero-order chi connectivity index (χ0) is 15.4. The van der Waals surface area contributed by atoms with Crippen LogP contribution in [0.25, 0.3) is 0 Å². The first kappa shape index (κ1) is 15.8. The van der Waals surface area contributed by atoms with Gasteiger partial charge in [0.15, 0.2) is 0 Å². The molecule has 2 aromatic carbocycles. The van der Waals surface area contributed by atoms with E-state index < -0.39 is 0 Å². The predicted octanol–water partition coefficient (Wildman–Crippen LogP) is 4.30. The maximum atomic E-state index is 14.0. The smallest absolute Gasteiger partial charge is 0.128 e. The number of likely N-dealkylation sites (N-methyl/N-ethyl adjacent to an activating group) is 1. The molecule has 1 atom stereocenters. The van der Waals surface area contributed by atoms with Crippen LogP contribution in [0.1, 0.15) is 22.7 Å². The number of benzene rings is 2. The third kappa shape index (κ3) is 3.74. The van der Waals surface area contributed by atoms with Gasteiger partial charge < -0.3 is 10.1 Å². The van der Waals surface area contributed by atoms with Crippen molar-refractivity contribution in [2.45, 2.75) is 19.4 Å². The number of halogens is 2. The molecule has 1 N–H and O–H groups in total. The van der Waals surface area contributed by atoms with E-state index in [1.165, 1.54) is 6.07 Å². The van der Waals surface area contributed by atoms with Crippen LogP contribution in [-0.4, -0.2) is 14.2 Å². The summed E-state index contributed by atoms with van der Waals surface area (Å²) in [6.07, 6.45) is 0.624. The molecule has 0 radical (unpaired) electrons. The Morgan fingerprint density at radius 2 is 2.00 bits per heavy atom. The lowest BCUT2D eigenvalue weighted by Gasteiger charge is -2.19. The van der Waals surface area contributed by atoms with Crippen molar-refractivity contribution in [3.63, 3.8) is 0 Å². The number of methoxy groups -OCH3 is 1.